The third kappa shape index (κ3) is 2.58. The average Bonchev–Trinajstić information content (AvgIpc) is 2.86. The third-order valence-electron chi connectivity index (χ3n) is 3.64. The fourth-order valence-electron chi connectivity index (χ4n) is 2.58. The van der Waals surface area contributed by atoms with Crippen LogP contribution in [0.5, 0.6) is 0 Å². The topological polar surface area (TPSA) is 59.5 Å². The summed E-state index contributed by atoms with van der Waals surface area (Å²) in [6.07, 6.45) is 4.00. The summed E-state index contributed by atoms with van der Waals surface area (Å²) in [4.78, 5) is 14.3. The van der Waals surface area contributed by atoms with Gasteiger partial charge < -0.3 is 15.1 Å². The van der Waals surface area contributed by atoms with Crippen LogP contribution in [-0.4, -0.2) is 29.4 Å². The van der Waals surface area contributed by atoms with Crippen LogP contribution in [-0.2, 0) is 6.42 Å². The molecule has 2 atom stereocenters. The van der Waals surface area contributed by atoms with Crippen molar-refractivity contribution in [2.24, 2.45) is 5.73 Å². The smallest absolute Gasteiger partial charge is 0.289 e. The van der Waals surface area contributed by atoms with Crippen molar-refractivity contribution >= 4 is 5.91 Å². The van der Waals surface area contributed by atoms with Crippen LogP contribution in [0.4, 0.5) is 0 Å². The molecule has 0 aliphatic carbocycles. The van der Waals surface area contributed by atoms with E-state index in [9.17, 15) is 4.79 Å². The zero-order valence-corrected chi connectivity index (χ0v) is 11.2. The van der Waals surface area contributed by atoms with E-state index in [-0.39, 0.29) is 18.0 Å². The van der Waals surface area contributed by atoms with Crippen LogP contribution in [0.2, 0.25) is 0 Å². The second-order valence-electron chi connectivity index (χ2n) is 5.04. The van der Waals surface area contributed by atoms with Crippen molar-refractivity contribution in [3.63, 3.8) is 0 Å². The first-order valence-corrected chi connectivity index (χ1v) is 6.78. The Morgan fingerprint density at radius 1 is 1.56 bits per heavy atom. The summed E-state index contributed by atoms with van der Waals surface area (Å²) in [5.41, 5.74) is 5.98. The summed E-state index contributed by atoms with van der Waals surface area (Å²) >= 11 is 0. The third-order valence-corrected chi connectivity index (χ3v) is 3.64. The fraction of sp³-hybridized carbons (Fsp3) is 0.643. The van der Waals surface area contributed by atoms with E-state index >= 15 is 0 Å². The highest BCUT2D eigenvalue weighted by Crippen LogP contribution is 2.22. The molecule has 4 heteroatoms. The second kappa shape index (κ2) is 5.57. The van der Waals surface area contributed by atoms with Gasteiger partial charge >= 0.3 is 0 Å². The van der Waals surface area contributed by atoms with E-state index in [0.29, 0.717) is 5.76 Å². The van der Waals surface area contributed by atoms with Gasteiger partial charge in [-0.05, 0) is 38.3 Å². The molecule has 1 saturated heterocycles. The molecule has 0 bridgehead atoms. The molecular formula is C14H22N2O2. The molecule has 0 saturated carbocycles. The quantitative estimate of drug-likeness (QED) is 0.894. The number of amides is 1. The van der Waals surface area contributed by atoms with E-state index in [1.807, 2.05) is 24.8 Å². The van der Waals surface area contributed by atoms with Crippen molar-refractivity contribution in [1.82, 2.24) is 4.90 Å². The van der Waals surface area contributed by atoms with Crippen LogP contribution in [0, 0.1) is 0 Å². The Labute approximate surface area is 108 Å². The molecule has 0 spiro atoms. The van der Waals surface area contributed by atoms with E-state index in [1.165, 1.54) is 0 Å². The normalized spacial score (nSPS) is 21.9. The SMILES string of the molecule is CCc1ccc(C(=O)N2CCCCC2C(C)N)o1. The van der Waals surface area contributed by atoms with Gasteiger partial charge in [0.05, 0.1) is 0 Å². The molecular weight excluding hydrogens is 228 g/mol. The Kier molecular flexibility index (Phi) is 4.07. The van der Waals surface area contributed by atoms with Crippen LogP contribution in [0.3, 0.4) is 0 Å². The number of piperidine rings is 1. The predicted octanol–water partition coefficient (Wildman–Crippen LogP) is 2.18. The summed E-state index contributed by atoms with van der Waals surface area (Å²) in [5.74, 6) is 1.28. The first-order valence-electron chi connectivity index (χ1n) is 6.78. The van der Waals surface area contributed by atoms with Crippen molar-refractivity contribution < 1.29 is 9.21 Å². The molecule has 1 aromatic rings. The lowest BCUT2D eigenvalue weighted by Crippen LogP contribution is -2.51. The van der Waals surface area contributed by atoms with Crippen LogP contribution < -0.4 is 5.73 Å². The lowest BCUT2D eigenvalue weighted by molar-refractivity contribution is 0.0550. The van der Waals surface area contributed by atoms with Crippen molar-refractivity contribution in [3.05, 3.63) is 23.7 Å². The van der Waals surface area contributed by atoms with Crippen molar-refractivity contribution in [2.75, 3.05) is 6.54 Å². The maximum Gasteiger partial charge on any atom is 0.289 e. The minimum absolute atomic E-state index is 0.00913. The number of carbonyl (C=O) groups is 1. The fourth-order valence-corrected chi connectivity index (χ4v) is 2.58. The zero-order chi connectivity index (χ0) is 13.1. The molecule has 1 aliphatic rings. The van der Waals surface area contributed by atoms with Gasteiger partial charge in [-0.1, -0.05) is 6.92 Å². The van der Waals surface area contributed by atoms with Gasteiger partial charge in [-0.2, -0.15) is 0 Å². The molecule has 100 valence electrons. The van der Waals surface area contributed by atoms with Gasteiger partial charge in [-0.3, -0.25) is 4.79 Å². The van der Waals surface area contributed by atoms with Gasteiger partial charge in [0, 0.05) is 25.0 Å². The maximum absolute atomic E-state index is 12.4. The number of rotatable bonds is 3. The van der Waals surface area contributed by atoms with Crippen LogP contribution in [0.15, 0.2) is 16.5 Å². The molecule has 1 amide bonds. The average molecular weight is 250 g/mol. The highest BCUT2D eigenvalue weighted by Gasteiger charge is 2.31. The molecule has 18 heavy (non-hydrogen) atoms. The molecule has 1 aliphatic heterocycles. The molecule has 2 rings (SSSR count). The van der Waals surface area contributed by atoms with E-state index in [1.54, 1.807) is 6.07 Å². The van der Waals surface area contributed by atoms with E-state index in [2.05, 4.69) is 0 Å². The Hall–Kier alpha value is -1.29. The number of hydrogen-bond donors (Lipinski definition) is 1. The predicted molar refractivity (Wildman–Crippen MR) is 70.4 cm³/mol. The Bertz CT molecular complexity index is 412. The van der Waals surface area contributed by atoms with Crippen LogP contribution >= 0.6 is 0 Å². The highest BCUT2D eigenvalue weighted by molar-refractivity contribution is 5.91. The lowest BCUT2D eigenvalue weighted by atomic mass is 9.96. The highest BCUT2D eigenvalue weighted by atomic mass is 16.4. The molecule has 0 aromatic carbocycles. The minimum Gasteiger partial charge on any atom is -0.456 e. The molecule has 4 nitrogen and oxygen atoms in total. The van der Waals surface area contributed by atoms with E-state index < -0.39 is 0 Å². The molecule has 2 heterocycles. The Balaban J connectivity index is 2.15. The van der Waals surface area contributed by atoms with Crippen LogP contribution in [0.1, 0.15) is 49.4 Å². The number of carbonyl (C=O) groups excluding carboxylic acids is 1. The van der Waals surface area contributed by atoms with Gasteiger partial charge in [0.2, 0.25) is 0 Å². The summed E-state index contributed by atoms with van der Waals surface area (Å²) in [7, 11) is 0. The van der Waals surface area contributed by atoms with Gasteiger partial charge in [0.25, 0.3) is 5.91 Å². The summed E-state index contributed by atoms with van der Waals surface area (Å²) < 4.78 is 5.54. The number of aryl methyl sites for hydroxylation is 1. The van der Waals surface area contributed by atoms with Crippen molar-refractivity contribution in [1.29, 1.82) is 0 Å². The first-order chi connectivity index (χ1) is 8.63. The van der Waals surface area contributed by atoms with Crippen LogP contribution in [0.25, 0.3) is 0 Å². The number of hydrogen-bond acceptors (Lipinski definition) is 3. The van der Waals surface area contributed by atoms with Gasteiger partial charge in [0.15, 0.2) is 5.76 Å². The summed E-state index contributed by atoms with van der Waals surface area (Å²) in [6, 6.07) is 3.79. The minimum atomic E-state index is -0.0169. The van der Waals surface area contributed by atoms with E-state index in [4.69, 9.17) is 10.2 Å². The molecule has 2 unspecified atom stereocenters. The first kappa shape index (κ1) is 13.1. The molecule has 1 aromatic heterocycles. The second-order valence-corrected chi connectivity index (χ2v) is 5.04. The molecule has 2 N–H and O–H groups in total. The Morgan fingerprint density at radius 3 is 2.94 bits per heavy atom. The number of nitrogens with two attached hydrogens (primary N) is 1. The number of nitrogens with zero attached hydrogens (tertiary/aromatic N) is 1. The standard InChI is InChI=1S/C14H22N2O2/c1-3-11-7-8-13(18-11)14(17)16-9-5-4-6-12(16)10(2)15/h7-8,10,12H,3-6,9,15H2,1-2H3. The summed E-state index contributed by atoms with van der Waals surface area (Å²) in [5, 5.41) is 0. The maximum atomic E-state index is 12.4. The van der Waals surface area contributed by atoms with Gasteiger partial charge in [-0.25, -0.2) is 0 Å². The largest absolute Gasteiger partial charge is 0.456 e. The number of likely N-dealkylation sites (tertiary alicyclic amines) is 1. The number of furan rings is 1. The molecule has 1 fully saturated rings. The van der Waals surface area contributed by atoms with Crippen molar-refractivity contribution in [2.45, 2.75) is 51.6 Å². The lowest BCUT2D eigenvalue weighted by Gasteiger charge is -2.37. The Morgan fingerprint density at radius 2 is 2.33 bits per heavy atom. The monoisotopic (exact) mass is 250 g/mol. The molecule has 0 radical (unpaired) electrons. The van der Waals surface area contributed by atoms with E-state index in [0.717, 1.165) is 38.0 Å². The summed E-state index contributed by atoms with van der Waals surface area (Å²) in [6.45, 7) is 4.77. The van der Waals surface area contributed by atoms with Gasteiger partial charge in [-0.15, -0.1) is 0 Å². The van der Waals surface area contributed by atoms with Gasteiger partial charge in [0.1, 0.15) is 5.76 Å². The zero-order valence-electron chi connectivity index (χ0n) is 11.2. The van der Waals surface area contributed by atoms with Crippen molar-refractivity contribution in [3.8, 4) is 0 Å².